The third kappa shape index (κ3) is 2.15. The molecule has 0 aromatic heterocycles. The SMILES string of the molecule is C[C@H]1CCCCN1C(=O)[C@H]1[C@@H](C(=O)O)[C@H]2C=C[C@@H]1CC2. The van der Waals surface area contributed by atoms with E-state index in [1.807, 2.05) is 11.0 Å². The Bertz CT molecular complexity index is 445. The lowest BCUT2D eigenvalue weighted by atomic mass is 9.61. The number of allylic oxidation sites excluding steroid dienone is 2. The van der Waals surface area contributed by atoms with Gasteiger partial charge in [0.05, 0.1) is 11.8 Å². The smallest absolute Gasteiger partial charge is 0.307 e. The van der Waals surface area contributed by atoms with E-state index in [4.69, 9.17) is 0 Å². The van der Waals surface area contributed by atoms with E-state index in [0.717, 1.165) is 32.2 Å². The summed E-state index contributed by atoms with van der Waals surface area (Å²) in [6, 6.07) is 0.259. The van der Waals surface area contributed by atoms with Crippen LogP contribution in [0.4, 0.5) is 0 Å². The van der Waals surface area contributed by atoms with Crippen LogP contribution in [0.25, 0.3) is 0 Å². The molecule has 5 atom stereocenters. The van der Waals surface area contributed by atoms with Gasteiger partial charge in [0.15, 0.2) is 0 Å². The molecule has 0 aromatic carbocycles. The molecule has 1 saturated carbocycles. The molecule has 4 rings (SSSR count). The molecule has 4 nitrogen and oxygen atoms in total. The third-order valence-corrected chi connectivity index (χ3v) is 5.40. The van der Waals surface area contributed by atoms with Gasteiger partial charge in [0, 0.05) is 12.6 Å². The predicted octanol–water partition coefficient (Wildman–Crippen LogP) is 2.30. The van der Waals surface area contributed by atoms with Gasteiger partial charge in [-0.1, -0.05) is 12.2 Å². The van der Waals surface area contributed by atoms with Crippen molar-refractivity contribution in [3.63, 3.8) is 0 Å². The molecule has 2 fully saturated rings. The summed E-state index contributed by atoms with van der Waals surface area (Å²) in [5.41, 5.74) is 0. The number of hydrogen-bond donors (Lipinski definition) is 1. The number of amides is 1. The Morgan fingerprint density at radius 3 is 2.25 bits per heavy atom. The van der Waals surface area contributed by atoms with Crippen LogP contribution < -0.4 is 0 Å². The number of hydrogen-bond acceptors (Lipinski definition) is 2. The monoisotopic (exact) mass is 277 g/mol. The standard InChI is InChI=1S/C16H23NO3/c1-10-4-2-3-9-17(10)15(18)13-11-5-7-12(8-6-11)14(13)16(19)20/h5,7,10-14H,2-4,6,8-9H2,1H3,(H,19,20)/t10-,11+,12-,13+,14-/m0/s1. The molecule has 1 N–H and O–H groups in total. The summed E-state index contributed by atoms with van der Waals surface area (Å²) in [7, 11) is 0. The fourth-order valence-corrected chi connectivity index (χ4v) is 4.28. The summed E-state index contributed by atoms with van der Waals surface area (Å²) in [6.45, 7) is 2.88. The van der Waals surface area contributed by atoms with E-state index in [2.05, 4.69) is 13.0 Å². The number of carbonyl (C=O) groups is 2. The first-order valence-corrected chi connectivity index (χ1v) is 7.81. The van der Waals surface area contributed by atoms with Crippen LogP contribution in [0.5, 0.6) is 0 Å². The third-order valence-electron chi connectivity index (χ3n) is 5.40. The maximum Gasteiger partial charge on any atom is 0.307 e. The summed E-state index contributed by atoms with van der Waals surface area (Å²) in [5.74, 6) is -1.39. The lowest BCUT2D eigenvalue weighted by Crippen LogP contribution is -2.53. The Morgan fingerprint density at radius 1 is 1.05 bits per heavy atom. The highest BCUT2D eigenvalue weighted by atomic mass is 16.4. The molecule has 3 aliphatic carbocycles. The maximum absolute atomic E-state index is 12.9. The van der Waals surface area contributed by atoms with Crippen LogP contribution in [0, 0.1) is 23.7 Å². The number of aliphatic carboxylic acids is 1. The molecule has 0 radical (unpaired) electrons. The Kier molecular flexibility index (Phi) is 3.57. The molecule has 1 amide bonds. The fraction of sp³-hybridized carbons (Fsp3) is 0.750. The predicted molar refractivity (Wildman–Crippen MR) is 75.0 cm³/mol. The van der Waals surface area contributed by atoms with Crippen molar-refractivity contribution in [3.8, 4) is 0 Å². The highest BCUT2D eigenvalue weighted by Crippen LogP contribution is 2.46. The second-order valence-electron chi connectivity index (χ2n) is 6.56. The second-order valence-corrected chi connectivity index (χ2v) is 6.56. The maximum atomic E-state index is 12.9. The van der Waals surface area contributed by atoms with Gasteiger partial charge in [0.2, 0.25) is 5.91 Å². The van der Waals surface area contributed by atoms with E-state index < -0.39 is 11.9 Å². The van der Waals surface area contributed by atoms with Crippen molar-refractivity contribution in [2.45, 2.75) is 45.1 Å². The molecule has 0 unspecified atom stereocenters. The first-order chi connectivity index (χ1) is 9.59. The average Bonchev–Trinajstić information content (AvgIpc) is 2.47. The molecule has 2 bridgehead atoms. The van der Waals surface area contributed by atoms with Crippen molar-refractivity contribution < 1.29 is 14.7 Å². The van der Waals surface area contributed by atoms with Crippen molar-refractivity contribution >= 4 is 11.9 Å². The van der Waals surface area contributed by atoms with E-state index in [1.54, 1.807) is 0 Å². The van der Waals surface area contributed by atoms with Gasteiger partial charge in [-0.05, 0) is 50.9 Å². The lowest BCUT2D eigenvalue weighted by molar-refractivity contribution is -0.158. The minimum absolute atomic E-state index is 0.0477. The van der Waals surface area contributed by atoms with Crippen molar-refractivity contribution in [2.24, 2.45) is 23.7 Å². The molecular formula is C16H23NO3. The van der Waals surface area contributed by atoms with Crippen LogP contribution >= 0.6 is 0 Å². The van der Waals surface area contributed by atoms with Gasteiger partial charge in [-0.2, -0.15) is 0 Å². The van der Waals surface area contributed by atoms with Gasteiger partial charge in [0.1, 0.15) is 0 Å². The minimum Gasteiger partial charge on any atom is -0.481 e. The number of likely N-dealkylation sites (tertiary alicyclic amines) is 1. The summed E-state index contributed by atoms with van der Waals surface area (Å²) < 4.78 is 0. The lowest BCUT2D eigenvalue weighted by Gasteiger charge is -2.45. The number of carbonyl (C=O) groups excluding carboxylic acids is 1. The van der Waals surface area contributed by atoms with Gasteiger partial charge >= 0.3 is 5.97 Å². The van der Waals surface area contributed by atoms with Gasteiger partial charge in [-0.25, -0.2) is 0 Å². The normalized spacial score (nSPS) is 39.9. The average molecular weight is 277 g/mol. The molecular weight excluding hydrogens is 254 g/mol. The van der Waals surface area contributed by atoms with E-state index in [0.29, 0.717) is 0 Å². The number of nitrogens with zero attached hydrogens (tertiary/aromatic N) is 1. The molecule has 1 aliphatic heterocycles. The Labute approximate surface area is 119 Å². The van der Waals surface area contributed by atoms with E-state index >= 15 is 0 Å². The van der Waals surface area contributed by atoms with Crippen LogP contribution in [-0.4, -0.2) is 34.5 Å². The molecule has 4 heteroatoms. The first-order valence-electron chi connectivity index (χ1n) is 7.81. The van der Waals surface area contributed by atoms with Gasteiger partial charge in [-0.3, -0.25) is 9.59 Å². The minimum atomic E-state index is -0.799. The zero-order valence-corrected chi connectivity index (χ0v) is 12.0. The van der Waals surface area contributed by atoms with E-state index in [9.17, 15) is 14.7 Å². The molecule has 20 heavy (non-hydrogen) atoms. The number of piperidine rings is 1. The highest BCUT2D eigenvalue weighted by Gasteiger charge is 2.49. The Hall–Kier alpha value is -1.32. The van der Waals surface area contributed by atoms with Gasteiger partial charge in [0.25, 0.3) is 0 Å². The molecule has 4 aliphatic rings. The quantitative estimate of drug-likeness (QED) is 0.788. The van der Waals surface area contributed by atoms with Crippen LogP contribution in [0.1, 0.15) is 39.0 Å². The molecule has 110 valence electrons. The Balaban J connectivity index is 1.85. The zero-order valence-electron chi connectivity index (χ0n) is 12.0. The van der Waals surface area contributed by atoms with Crippen LogP contribution in [-0.2, 0) is 9.59 Å². The molecule has 0 aromatic rings. The van der Waals surface area contributed by atoms with Crippen molar-refractivity contribution in [1.29, 1.82) is 0 Å². The molecule has 1 heterocycles. The topological polar surface area (TPSA) is 57.6 Å². The number of carboxylic acids is 1. The van der Waals surface area contributed by atoms with E-state index in [-0.39, 0.29) is 29.7 Å². The Morgan fingerprint density at radius 2 is 1.70 bits per heavy atom. The highest BCUT2D eigenvalue weighted by molar-refractivity contribution is 5.86. The molecule has 0 spiro atoms. The number of carboxylic acid groups (broad SMARTS) is 1. The number of rotatable bonds is 2. The summed E-state index contributed by atoms with van der Waals surface area (Å²) >= 11 is 0. The van der Waals surface area contributed by atoms with Gasteiger partial charge in [-0.15, -0.1) is 0 Å². The van der Waals surface area contributed by atoms with Crippen molar-refractivity contribution in [3.05, 3.63) is 12.2 Å². The second kappa shape index (κ2) is 5.23. The zero-order chi connectivity index (χ0) is 14.3. The fourth-order valence-electron chi connectivity index (χ4n) is 4.28. The van der Waals surface area contributed by atoms with Crippen molar-refractivity contribution in [2.75, 3.05) is 6.54 Å². The number of fused-ring (bicyclic) bond motifs is 2. The van der Waals surface area contributed by atoms with E-state index in [1.165, 1.54) is 6.42 Å². The summed E-state index contributed by atoms with van der Waals surface area (Å²) in [4.78, 5) is 26.5. The largest absolute Gasteiger partial charge is 0.481 e. The van der Waals surface area contributed by atoms with Gasteiger partial charge < -0.3 is 10.0 Å². The molecule has 1 saturated heterocycles. The van der Waals surface area contributed by atoms with Crippen molar-refractivity contribution in [1.82, 2.24) is 4.90 Å². The summed E-state index contributed by atoms with van der Waals surface area (Å²) in [6.07, 6.45) is 9.25. The summed E-state index contributed by atoms with van der Waals surface area (Å²) in [5, 5.41) is 9.54. The van der Waals surface area contributed by atoms with Crippen LogP contribution in [0.2, 0.25) is 0 Å². The van der Waals surface area contributed by atoms with Crippen LogP contribution in [0.15, 0.2) is 12.2 Å². The first kappa shape index (κ1) is 13.7. The van der Waals surface area contributed by atoms with Crippen LogP contribution in [0.3, 0.4) is 0 Å².